The van der Waals surface area contributed by atoms with Gasteiger partial charge < -0.3 is 15.0 Å². The van der Waals surface area contributed by atoms with Gasteiger partial charge >= 0.3 is 12.2 Å². The summed E-state index contributed by atoms with van der Waals surface area (Å²) in [5, 5.41) is 3.24. The third-order valence-corrected chi connectivity index (χ3v) is 6.97. The maximum atomic E-state index is 13.5. The van der Waals surface area contributed by atoms with Crippen LogP contribution in [-0.4, -0.2) is 46.2 Å². The third-order valence-electron chi connectivity index (χ3n) is 6.97. The molecule has 0 bridgehead atoms. The highest BCUT2D eigenvalue weighted by Crippen LogP contribution is 2.59. The van der Waals surface area contributed by atoms with E-state index in [1.165, 1.54) is 29.2 Å². The van der Waals surface area contributed by atoms with Gasteiger partial charge in [-0.25, -0.2) is 14.7 Å². The number of anilines is 2. The van der Waals surface area contributed by atoms with Crippen LogP contribution in [0.25, 0.3) is 0 Å². The molecule has 10 heteroatoms. The minimum absolute atomic E-state index is 0.0458. The van der Waals surface area contributed by atoms with Crippen molar-refractivity contribution in [3.63, 3.8) is 0 Å². The van der Waals surface area contributed by atoms with E-state index in [-0.39, 0.29) is 36.7 Å². The molecule has 1 atom stereocenters. The Labute approximate surface area is 194 Å². The van der Waals surface area contributed by atoms with Crippen LogP contribution < -0.4 is 15.0 Å². The average Bonchev–Trinajstić information content (AvgIpc) is 3.57. The molecule has 180 valence electrons. The van der Waals surface area contributed by atoms with Crippen LogP contribution in [0.3, 0.4) is 0 Å². The molecule has 1 aliphatic carbocycles. The van der Waals surface area contributed by atoms with Gasteiger partial charge in [-0.2, -0.15) is 13.2 Å². The summed E-state index contributed by atoms with van der Waals surface area (Å²) in [5.41, 5.74) is -1.87. The van der Waals surface area contributed by atoms with Crippen molar-refractivity contribution in [2.45, 2.75) is 63.3 Å². The number of carbonyl (C=O) groups excluding carboxylic acids is 2. The molecule has 2 aliphatic heterocycles. The van der Waals surface area contributed by atoms with E-state index in [1.54, 1.807) is 26.1 Å². The predicted molar refractivity (Wildman–Crippen MR) is 119 cm³/mol. The van der Waals surface area contributed by atoms with Crippen molar-refractivity contribution in [3.8, 4) is 5.75 Å². The zero-order valence-electron chi connectivity index (χ0n) is 19.1. The molecule has 3 aliphatic rings. The Bertz CT molecular complexity index is 1160. The van der Waals surface area contributed by atoms with Crippen molar-refractivity contribution in [1.29, 1.82) is 0 Å². The number of fused-ring (bicyclic) bond motifs is 1. The second-order valence-corrected chi connectivity index (χ2v) is 9.70. The number of nitrogens with zero attached hydrogens (tertiary/aromatic N) is 3. The lowest BCUT2D eigenvalue weighted by Gasteiger charge is -2.30. The van der Waals surface area contributed by atoms with Gasteiger partial charge in [-0.1, -0.05) is 12.1 Å². The Morgan fingerprint density at radius 2 is 1.82 bits per heavy atom. The summed E-state index contributed by atoms with van der Waals surface area (Å²) in [7, 11) is 0. The van der Waals surface area contributed by atoms with Crippen LogP contribution in [0.5, 0.6) is 5.75 Å². The molecule has 1 aromatic heterocycles. The van der Waals surface area contributed by atoms with Gasteiger partial charge in [0.2, 0.25) is 0 Å². The minimum Gasteiger partial charge on any atom is -0.487 e. The van der Waals surface area contributed by atoms with Crippen LogP contribution in [0.2, 0.25) is 0 Å². The van der Waals surface area contributed by atoms with Crippen LogP contribution in [0, 0.1) is 0 Å². The molecule has 3 heterocycles. The SMILES string of the molecule is C[C@@H]1COc2c(CN3C(=O)N(c4ccc(C5(C(F)(F)F)CC5)cc4)C(=O)C3(C)C)ccnc2N1. The Balaban J connectivity index is 1.42. The van der Waals surface area contributed by atoms with Gasteiger partial charge in [0.25, 0.3) is 5.91 Å². The van der Waals surface area contributed by atoms with Crippen molar-refractivity contribution in [2.75, 3.05) is 16.8 Å². The van der Waals surface area contributed by atoms with Gasteiger partial charge in [-0.05, 0) is 57.4 Å². The van der Waals surface area contributed by atoms with Crippen molar-refractivity contribution < 1.29 is 27.5 Å². The first kappa shape index (κ1) is 22.5. The van der Waals surface area contributed by atoms with E-state index in [0.29, 0.717) is 23.7 Å². The maximum absolute atomic E-state index is 13.5. The number of amides is 3. The number of halogens is 3. The van der Waals surface area contributed by atoms with Crippen molar-refractivity contribution in [2.24, 2.45) is 0 Å². The number of hydrogen-bond donors (Lipinski definition) is 1. The molecule has 5 rings (SSSR count). The Hall–Kier alpha value is -3.30. The van der Waals surface area contributed by atoms with Gasteiger partial charge in [0.15, 0.2) is 11.6 Å². The van der Waals surface area contributed by atoms with E-state index in [4.69, 9.17) is 4.74 Å². The predicted octanol–water partition coefficient (Wildman–Crippen LogP) is 4.62. The van der Waals surface area contributed by atoms with Gasteiger partial charge in [-0.3, -0.25) is 4.79 Å². The number of hydrogen-bond acceptors (Lipinski definition) is 5. The first-order chi connectivity index (χ1) is 16.0. The average molecular weight is 474 g/mol. The van der Waals surface area contributed by atoms with Crippen LogP contribution in [0.15, 0.2) is 36.5 Å². The number of pyridine rings is 1. The van der Waals surface area contributed by atoms with E-state index >= 15 is 0 Å². The lowest BCUT2D eigenvalue weighted by Crippen LogP contribution is -2.44. The third kappa shape index (κ3) is 3.30. The zero-order valence-corrected chi connectivity index (χ0v) is 19.1. The smallest absolute Gasteiger partial charge is 0.398 e. The fraction of sp³-hybridized carbons (Fsp3) is 0.458. The Morgan fingerprint density at radius 1 is 1.15 bits per heavy atom. The first-order valence-electron chi connectivity index (χ1n) is 11.2. The molecule has 1 aromatic carbocycles. The molecule has 7 nitrogen and oxygen atoms in total. The molecular weight excluding hydrogens is 449 g/mol. The second kappa shape index (κ2) is 7.35. The lowest BCUT2D eigenvalue weighted by atomic mass is 9.95. The van der Waals surface area contributed by atoms with Crippen LogP contribution in [-0.2, 0) is 16.8 Å². The molecule has 1 N–H and O–H groups in total. The summed E-state index contributed by atoms with van der Waals surface area (Å²) in [6.07, 6.45) is -2.62. The molecule has 1 saturated heterocycles. The number of aromatic nitrogens is 1. The number of benzene rings is 1. The van der Waals surface area contributed by atoms with E-state index in [2.05, 4.69) is 10.3 Å². The zero-order chi connectivity index (χ0) is 24.5. The van der Waals surface area contributed by atoms with E-state index in [0.717, 1.165) is 4.90 Å². The summed E-state index contributed by atoms with van der Waals surface area (Å²) in [5.74, 6) is 0.678. The number of carbonyl (C=O) groups is 2. The number of alkyl halides is 3. The monoisotopic (exact) mass is 474 g/mol. The molecular formula is C24H25F3N4O3. The summed E-state index contributed by atoms with van der Waals surface area (Å²) < 4.78 is 46.2. The quantitative estimate of drug-likeness (QED) is 0.655. The Kier molecular flexibility index (Phi) is 4.86. The van der Waals surface area contributed by atoms with Crippen LogP contribution in [0.1, 0.15) is 44.7 Å². The number of urea groups is 1. The maximum Gasteiger partial charge on any atom is 0.398 e. The number of nitrogens with one attached hydrogen (secondary N) is 1. The molecule has 2 fully saturated rings. The number of ether oxygens (including phenoxy) is 1. The summed E-state index contributed by atoms with van der Waals surface area (Å²) >= 11 is 0. The highest BCUT2D eigenvalue weighted by atomic mass is 19.4. The van der Waals surface area contributed by atoms with Crippen molar-refractivity contribution >= 4 is 23.4 Å². The highest BCUT2D eigenvalue weighted by molar-refractivity contribution is 6.22. The molecule has 2 aromatic rings. The normalized spacial score (nSPS) is 22.8. The first-order valence-corrected chi connectivity index (χ1v) is 11.2. The Morgan fingerprint density at radius 3 is 2.44 bits per heavy atom. The van der Waals surface area contributed by atoms with Crippen molar-refractivity contribution in [3.05, 3.63) is 47.7 Å². The summed E-state index contributed by atoms with van der Waals surface area (Å²) in [6.45, 7) is 5.83. The van der Waals surface area contributed by atoms with E-state index in [1.807, 2.05) is 6.92 Å². The lowest BCUT2D eigenvalue weighted by molar-refractivity contribution is -0.160. The largest absolute Gasteiger partial charge is 0.487 e. The van der Waals surface area contributed by atoms with Gasteiger partial charge in [0, 0.05) is 11.8 Å². The van der Waals surface area contributed by atoms with Crippen LogP contribution in [0.4, 0.5) is 29.5 Å². The molecule has 0 spiro atoms. The number of rotatable bonds is 4. The fourth-order valence-electron chi connectivity index (χ4n) is 4.65. The topological polar surface area (TPSA) is 74.8 Å². The molecule has 34 heavy (non-hydrogen) atoms. The van der Waals surface area contributed by atoms with Crippen LogP contribution >= 0.6 is 0 Å². The molecule has 0 unspecified atom stereocenters. The highest BCUT2D eigenvalue weighted by Gasteiger charge is 2.64. The van der Waals surface area contributed by atoms with Gasteiger partial charge in [0.1, 0.15) is 12.1 Å². The minimum atomic E-state index is -4.33. The van der Waals surface area contributed by atoms with E-state index in [9.17, 15) is 22.8 Å². The van der Waals surface area contributed by atoms with Gasteiger partial charge in [0.05, 0.1) is 23.7 Å². The fourth-order valence-corrected chi connectivity index (χ4v) is 4.65. The molecule has 3 amide bonds. The summed E-state index contributed by atoms with van der Waals surface area (Å²) in [4.78, 5) is 33.4. The molecule has 0 radical (unpaired) electrons. The standard InChI is InChI=1S/C24H25F3N4O3/c1-14-13-34-18-15(8-11-28-19(18)29-14)12-30-21(33)31(20(32)22(30,2)3)17-6-4-16(5-7-17)23(9-10-23)24(25,26)27/h4-8,11,14H,9-10,12-13H2,1-3H3,(H,28,29)/t14-/m1/s1. The summed E-state index contributed by atoms with van der Waals surface area (Å²) in [6, 6.07) is 6.86. The van der Waals surface area contributed by atoms with Gasteiger partial charge in [-0.15, -0.1) is 0 Å². The van der Waals surface area contributed by atoms with E-state index < -0.39 is 29.1 Å². The molecule has 1 saturated carbocycles. The second-order valence-electron chi connectivity index (χ2n) is 9.70. The van der Waals surface area contributed by atoms with Crippen molar-refractivity contribution in [1.82, 2.24) is 9.88 Å². The number of imide groups is 1.